The van der Waals surface area contributed by atoms with Gasteiger partial charge in [-0.1, -0.05) is 0 Å². The van der Waals surface area contributed by atoms with Gasteiger partial charge in [0.25, 0.3) is 5.92 Å². The highest BCUT2D eigenvalue weighted by atomic mass is 19.3. The van der Waals surface area contributed by atoms with Crippen LogP contribution >= 0.6 is 0 Å². The topological polar surface area (TPSA) is 102 Å². The van der Waals surface area contributed by atoms with Crippen LogP contribution in [0.15, 0.2) is 30.7 Å². The summed E-state index contributed by atoms with van der Waals surface area (Å²) in [4.78, 5) is 20.5. The molecular weight excluding hydrogens is 408 g/mol. The van der Waals surface area contributed by atoms with Gasteiger partial charge >= 0.3 is 0 Å². The fourth-order valence-corrected chi connectivity index (χ4v) is 2.99. The van der Waals surface area contributed by atoms with Gasteiger partial charge in [0.1, 0.15) is 0 Å². The number of hydrogen-bond donors (Lipinski definition) is 2. The lowest BCUT2D eigenvalue weighted by Gasteiger charge is -2.13. The molecule has 0 radical (unpaired) electrons. The number of alkyl halides is 2. The number of aromatic nitrogens is 4. The van der Waals surface area contributed by atoms with Gasteiger partial charge in [0.05, 0.1) is 30.3 Å². The lowest BCUT2D eigenvalue weighted by Crippen LogP contribution is -2.31. The molecule has 0 fully saturated rings. The minimum Gasteiger partial charge on any atom is -0.471 e. The van der Waals surface area contributed by atoms with Gasteiger partial charge in [-0.05, 0) is 31.5 Å². The molecule has 3 heterocycles. The van der Waals surface area contributed by atoms with E-state index in [1.165, 1.54) is 0 Å². The maximum absolute atomic E-state index is 13.0. The fraction of sp³-hybridized carbons (Fsp3) is 0.429. The number of nitrogens with zero attached hydrogens (tertiary/aromatic N) is 4. The Bertz CT molecular complexity index is 1060. The fourth-order valence-electron chi connectivity index (χ4n) is 2.99. The number of carbonyl (C=O) groups is 1. The molecule has 0 aromatic carbocycles. The van der Waals surface area contributed by atoms with Crippen molar-refractivity contribution in [2.45, 2.75) is 45.8 Å². The Labute approximate surface area is 178 Å². The van der Waals surface area contributed by atoms with Crippen molar-refractivity contribution in [1.29, 1.82) is 0 Å². The molecule has 31 heavy (non-hydrogen) atoms. The SMILES string of the molecule is Cc1cc(Cn2cc3c(CC(=O)NC[C@@H](C)O)nccc3n2)cnc1OCC(C)(F)F. The molecular formula is C21H25F2N5O3. The predicted molar refractivity (Wildman–Crippen MR) is 110 cm³/mol. The summed E-state index contributed by atoms with van der Waals surface area (Å²) in [6.07, 6.45) is 4.41. The summed E-state index contributed by atoms with van der Waals surface area (Å²) in [5.74, 6) is -2.99. The van der Waals surface area contributed by atoms with E-state index >= 15 is 0 Å². The minimum absolute atomic E-state index is 0.0739. The maximum Gasteiger partial charge on any atom is 0.278 e. The summed E-state index contributed by atoms with van der Waals surface area (Å²) in [6, 6.07) is 3.57. The molecule has 1 atom stereocenters. The second-order valence-corrected chi connectivity index (χ2v) is 7.67. The molecule has 3 rings (SSSR count). The van der Waals surface area contributed by atoms with Crippen molar-refractivity contribution in [1.82, 2.24) is 25.1 Å². The van der Waals surface area contributed by atoms with Gasteiger partial charge in [-0.25, -0.2) is 13.8 Å². The third-order valence-corrected chi connectivity index (χ3v) is 4.38. The molecule has 2 N–H and O–H groups in total. The number of aliphatic hydroxyl groups is 1. The Kier molecular flexibility index (Phi) is 6.79. The molecule has 0 bridgehead atoms. The second kappa shape index (κ2) is 9.34. The molecule has 10 heteroatoms. The number of ether oxygens (including phenoxy) is 1. The third kappa shape index (κ3) is 6.42. The van der Waals surface area contributed by atoms with Crippen LogP contribution in [-0.4, -0.2) is 55.9 Å². The van der Waals surface area contributed by atoms with Gasteiger partial charge in [0.2, 0.25) is 11.8 Å². The number of aryl methyl sites for hydroxylation is 1. The second-order valence-electron chi connectivity index (χ2n) is 7.67. The van der Waals surface area contributed by atoms with Crippen LogP contribution < -0.4 is 10.1 Å². The van der Waals surface area contributed by atoms with E-state index in [0.717, 1.165) is 17.9 Å². The molecule has 3 aromatic rings. The smallest absolute Gasteiger partial charge is 0.278 e. The summed E-state index contributed by atoms with van der Waals surface area (Å²) >= 11 is 0. The van der Waals surface area contributed by atoms with Gasteiger partial charge in [0.15, 0.2) is 6.61 Å². The quantitative estimate of drug-likeness (QED) is 0.537. The number of aliphatic hydroxyl groups excluding tert-OH is 1. The minimum atomic E-state index is -2.93. The van der Waals surface area contributed by atoms with Crippen molar-refractivity contribution in [3.63, 3.8) is 0 Å². The number of hydrogen-bond acceptors (Lipinski definition) is 6. The van der Waals surface area contributed by atoms with Crippen molar-refractivity contribution in [2.75, 3.05) is 13.2 Å². The monoisotopic (exact) mass is 433 g/mol. The largest absolute Gasteiger partial charge is 0.471 e. The zero-order valence-corrected chi connectivity index (χ0v) is 17.6. The number of pyridine rings is 2. The Morgan fingerprint density at radius 1 is 1.39 bits per heavy atom. The van der Waals surface area contributed by atoms with Gasteiger partial charge in [-0.2, -0.15) is 5.10 Å². The normalized spacial score (nSPS) is 12.7. The van der Waals surface area contributed by atoms with Crippen molar-refractivity contribution in [3.8, 4) is 5.88 Å². The highest BCUT2D eigenvalue weighted by Crippen LogP contribution is 2.21. The van der Waals surface area contributed by atoms with Crippen LogP contribution in [0, 0.1) is 6.92 Å². The molecule has 0 aliphatic rings. The van der Waals surface area contributed by atoms with Crippen molar-refractivity contribution >= 4 is 16.8 Å². The molecule has 0 saturated heterocycles. The molecule has 0 saturated carbocycles. The van der Waals surface area contributed by atoms with Gasteiger partial charge in [-0.15, -0.1) is 0 Å². The van der Waals surface area contributed by atoms with Crippen LogP contribution in [0.25, 0.3) is 10.9 Å². The predicted octanol–water partition coefficient (Wildman–Crippen LogP) is 2.26. The number of halogens is 2. The zero-order valence-electron chi connectivity index (χ0n) is 17.6. The summed E-state index contributed by atoms with van der Waals surface area (Å²) in [5, 5.41) is 17.2. The Balaban J connectivity index is 1.72. The van der Waals surface area contributed by atoms with E-state index in [0.29, 0.717) is 23.3 Å². The standard InChI is InChI=1S/C21H25F2N5O3/c1-13-6-15(9-26-20(13)31-12-21(3,22)23)10-28-11-16-17(27-28)4-5-24-18(16)7-19(30)25-8-14(2)29/h4-6,9,11,14,29H,7-8,10,12H2,1-3H3,(H,25,30)/t14-/m1/s1. The van der Waals surface area contributed by atoms with E-state index in [9.17, 15) is 18.7 Å². The molecule has 8 nitrogen and oxygen atoms in total. The molecule has 166 valence electrons. The summed E-state index contributed by atoms with van der Waals surface area (Å²) in [7, 11) is 0. The van der Waals surface area contributed by atoms with Crippen LogP contribution in [0.5, 0.6) is 5.88 Å². The van der Waals surface area contributed by atoms with E-state index in [2.05, 4.69) is 20.4 Å². The average molecular weight is 433 g/mol. The Morgan fingerprint density at radius 3 is 2.84 bits per heavy atom. The van der Waals surface area contributed by atoms with E-state index in [1.54, 1.807) is 43.2 Å². The summed E-state index contributed by atoms with van der Waals surface area (Å²) in [6.45, 7) is 3.98. The molecule has 0 aliphatic heterocycles. The van der Waals surface area contributed by atoms with Crippen LogP contribution in [0.1, 0.15) is 30.7 Å². The molecule has 0 unspecified atom stereocenters. The van der Waals surface area contributed by atoms with Gasteiger partial charge in [-0.3, -0.25) is 14.5 Å². The number of amides is 1. The lowest BCUT2D eigenvalue weighted by molar-refractivity contribution is -0.120. The first-order valence-corrected chi connectivity index (χ1v) is 9.82. The van der Waals surface area contributed by atoms with E-state index in [-0.39, 0.29) is 24.8 Å². The van der Waals surface area contributed by atoms with Crippen LogP contribution in [-0.2, 0) is 17.8 Å². The van der Waals surface area contributed by atoms with Crippen LogP contribution in [0.3, 0.4) is 0 Å². The molecule has 3 aromatic heterocycles. The van der Waals surface area contributed by atoms with E-state index in [1.807, 2.05) is 6.07 Å². The first-order valence-electron chi connectivity index (χ1n) is 9.82. The number of fused-ring (bicyclic) bond motifs is 1. The van der Waals surface area contributed by atoms with Gasteiger partial charge in [0, 0.05) is 43.0 Å². The third-order valence-electron chi connectivity index (χ3n) is 4.38. The number of carbonyl (C=O) groups excluding carboxylic acids is 1. The molecule has 0 aliphatic carbocycles. The van der Waals surface area contributed by atoms with Crippen LogP contribution in [0.2, 0.25) is 0 Å². The zero-order chi connectivity index (χ0) is 22.6. The van der Waals surface area contributed by atoms with Crippen molar-refractivity contribution in [2.24, 2.45) is 0 Å². The molecule has 0 spiro atoms. The van der Waals surface area contributed by atoms with Crippen LogP contribution in [0.4, 0.5) is 8.78 Å². The molecule has 1 amide bonds. The van der Waals surface area contributed by atoms with Gasteiger partial charge < -0.3 is 15.2 Å². The van der Waals surface area contributed by atoms with E-state index < -0.39 is 18.6 Å². The van der Waals surface area contributed by atoms with Crippen molar-refractivity contribution in [3.05, 3.63) is 47.5 Å². The number of rotatable bonds is 9. The highest BCUT2D eigenvalue weighted by Gasteiger charge is 2.22. The van der Waals surface area contributed by atoms with Crippen molar-refractivity contribution < 1.29 is 23.4 Å². The summed E-state index contributed by atoms with van der Waals surface area (Å²) < 4.78 is 32.8. The number of nitrogens with one attached hydrogen (secondary N) is 1. The lowest BCUT2D eigenvalue weighted by atomic mass is 10.2. The maximum atomic E-state index is 13.0. The highest BCUT2D eigenvalue weighted by molar-refractivity contribution is 5.86. The Morgan fingerprint density at radius 2 is 2.16 bits per heavy atom. The first-order chi connectivity index (χ1) is 14.6. The first kappa shape index (κ1) is 22.5. The average Bonchev–Trinajstić information content (AvgIpc) is 3.08. The summed E-state index contributed by atoms with van der Waals surface area (Å²) in [5.41, 5.74) is 2.76. The van der Waals surface area contributed by atoms with E-state index in [4.69, 9.17) is 4.74 Å². The Hall–Kier alpha value is -3.14.